The first-order valence-electron chi connectivity index (χ1n) is 5.73. The van der Waals surface area contributed by atoms with Gasteiger partial charge in [0.15, 0.2) is 0 Å². The predicted octanol–water partition coefficient (Wildman–Crippen LogP) is 2.91. The maximum Gasteiger partial charge on any atom is 0.387 e. The quantitative estimate of drug-likeness (QED) is 0.728. The van der Waals surface area contributed by atoms with E-state index in [0.29, 0.717) is 24.4 Å². The van der Waals surface area contributed by atoms with Crippen molar-refractivity contribution in [3.8, 4) is 5.75 Å². The van der Waals surface area contributed by atoms with Crippen molar-refractivity contribution in [1.29, 1.82) is 0 Å². The van der Waals surface area contributed by atoms with Gasteiger partial charge in [0.1, 0.15) is 5.75 Å². The molecule has 1 unspecified atom stereocenters. The van der Waals surface area contributed by atoms with Gasteiger partial charge in [0.05, 0.1) is 0 Å². The molecule has 0 radical (unpaired) electrons. The molecule has 1 N–H and O–H groups in total. The Balaban J connectivity index is 2.51. The summed E-state index contributed by atoms with van der Waals surface area (Å²) in [7, 11) is -0.801. The zero-order valence-electron chi connectivity index (χ0n) is 10.5. The highest BCUT2D eigenvalue weighted by Gasteiger charge is 2.09. The minimum absolute atomic E-state index is 0.171. The van der Waals surface area contributed by atoms with Crippen LogP contribution in [0.25, 0.3) is 0 Å². The van der Waals surface area contributed by atoms with Crippen LogP contribution in [0.4, 0.5) is 8.78 Å². The van der Waals surface area contributed by atoms with E-state index in [1.165, 1.54) is 6.07 Å². The van der Waals surface area contributed by atoms with E-state index in [-0.39, 0.29) is 5.75 Å². The van der Waals surface area contributed by atoms with Gasteiger partial charge < -0.3 is 10.1 Å². The van der Waals surface area contributed by atoms with Gasteiger partial charge in [-0.3, -0.25) is 4.21 Å². The van der Waals surface area contributed by atoms with Gasteiger partial charge in [-0.15, -0.1) is 0 Å². The van der Waals surface area contributed by atoms with Crippen LogP contribution in [0.5, 0.6) is 5.75 Å². The lowest BCUT2D eigenvalue weighted by atomic mass is 10.2. The Morgan fingerprint density at radius 2 is 2.21 bits per heavy atom. The number of alkyl halides is 2. The third-order valence-corrected chi connectivity index (χ3v) is 3.70. The number of nitrogens with one attached hydrogen (secondary N) is 1. The molecule has 0 spiro atoms. The van der Waals surface area contributed by atoms with E-state index in [9.17, 15) is 13.0 Å². The Morgan fingerprint density at radius 1 is 1.47 bits per heavy atom. The van der Waals surface area contributed by atoms with E-state index in [4.69, 9.17) is 0 Å². The summed E-state index contributed by atoms with van der Waals surface area (Å²) < 4.78 is 40.6. The molecular weight excluding hydrogens is 340 g/mol. The first kappa shape index (κ1) is 16.5. The van der Waals surface area contributed by atoms with Crippen LogP contribution in [0, 0.1) is 0 Å². The van der Waals surface area contributed by atoms with Crippen LogP contribution in [-0.2, 0) is 17.3 Å². The second-order valence-corrected chi connectivity index (χ2v) is 6.41. The van der Waals surface area contributed by atoms with Crippen molar-refractivity contribution in [3.05, 3.63) is 28.2 Å². The molecule has 1 atom stereocenters. The van der Waals surface area contributed by atoms with Gasteiger partial charge in [-0.05, 0) is 31.2 Å². The zero-order chi connectivity index (χ0) is 14.3. The summed E-state index contributed by atoms with van der Waals surface area (Å²) in [6.45, 7) is -1.72. The Kier molecular flexibility index (Phi) is 7.48. The Morgan fingerprint density at radius 3 is 2.84 bits per heavy atom. The van der Waals surface area contributed by atoms with Crippen molar-refractivity contribution in [1.82, 2.24) is 5.32 Å². The Labute approximate surface area is 122 Å². The highest BCUT2D eigenvalue weighted by atomic mass is 79.9. The molecule has 0 aliphatic rings. The molecule has 0 bridgehead atoms. The van der Waals surface area contributed by atoms with Crippen molar-refractivity contribution >= 4 is 26.7 Å². The first-order valence-corrected chi connectivity index (χ1v) is 8.25. The van der Waals surface area contributed by atoms with E-state index in [2.05, 4.69) is 26.0 Å². The summed E-state index contributed by atoms with van der Waals surface area (Å²) in [6.07, 6.45) is 2.44. The number of ether oxygens (including phenoxy) is 1. The Hall–Kier alpha value is -0.530. The molecule has 0 heterocycles. The maximum absolute atomic E-state index is 12.2. The maximum atomic E-state index is 12.2. The van der Waals surface area contributed by atoms with Gasteiger partial charge in [-0.2, -0.15) is 8.78 Å². The highest BCUT2D eigenvalue weighted by molar-refractivity contribution is 9.10. The fourth-order valence-electron chi connectivity index (χ4n) is 1.52. The van der Waals surface area contributed by atoms with E-state index in [1.807, 2.05) is 0 Å². The van der Waals surface area contributed by atoms with Crippen LogP contribution in [0.1, 0.15) is 12.0 Å². The third kappa shape index (κ3) is 6.98. The lowest BCUT2D eigenvalue weighted by molar-refractivity contribution is -0.0505. The van der Waals surface area contributed by atoms with Gasteiger partial charge in [-0.1, -0.05) is 15.9 Å². The molecule has 1 rings (SSSR count). The second kappa shape index (κ2) is 8.60. The summed E-state index contributed by atoms with van der Waals surface area (Å²) >= 11 is 3.29. The third-order valence-electron chi connectivity index (χ3n) is 2.34. The largest absolute Gasteiger partial charge is 0.434 e. The molecule has 1 aromatic carbocycles. The normalized spacial score (nSPS) is 12.7. The smallest absolute Gasteiger partial charge is 0.387 e. The fourth-order valence-corrected chi connectivity index (χ4v) is 2.48. The monoisotopic (exact) mass is 355 g/mol. The molecular formula is C12H16BrF2NO2S. The van der Waals surface area contributed by atoms with Crippen molar-refractivity contribution in [2.75, 3.05) is 18.6 Å². The number of benzene rings is 1. The predicted molar refractivity (Wildman–Crippen MR) is 76.0 cm³/mol. The van der Waals surface area contributed by atoms with Crippen LogP contribution in [0.3, 0.4) is 0 Å². The topological polar surface area (TPSA) is 38.3 Å². The van der Waals surface area contributed by atoms with Crippen LogP contribution >= 0.6 is 15.9 Å². The minimum atomic E-state index is -2.83. The number of hydrogen-bond donors (Lipinski definition) is 1. The van der Waals surface area contributed by atoms with E-state index in [0.717, 1.165) is 10.9 Å². The molecule has 0 fully saturated rings. The number of hydrogen-bond acceptors (Lipinski definition) is 3. The Bertz CT molecular complexity index is 432. The van der Waals surface area contributed by atoms with Gasteiger partial charge >= 0.3 is 6.61 Å². The van der Waals surface area contributed by atoms with Gasteiger partial charge in [0.25, 0.3) is 0 Å². The summed E-state index contributed by atoms with van der Waals surface area (Å²) in [5, 5.41) is 3.12. The highest BCUT2D eigenvalue weighted by Crippen LogP contribution is 2.24. The van der Waals surface area contributed by atoms with E-state index >= 15 is 0 Å². The lowest BCUT2D eigenvalue weighted by Crippen LogP contribution is -2.17. The molecule has 0 aliphatic heterocycles. The average molecular weight is 356 g/mol. The van der Waals surface area contributed by atoms with Crippen LogP contribution in [-0.4, -0.2) is 29.4 Å². The standard InChI is InChI=1S/C12H16BrF2NO2S/c1-19(17)6-2-5-16-8-9-7-10(13)3-4-11(9)18-12(14)15/h3-4,7,12,16H,2,5-6,8H2,1H3. The second-order valence-electron chi connectivity index (χ2n) is 3.94. The van der Waals surface area contributed by atoms with Gasteiger partial charge in [0, 0.05) is 39.4 Å². The molecule has 108 valence electrons. The van der Waals surface area contributed by atoms with Crippen molar-refractivity contribution in [2.24, 2.45) is 0 Å². The summed E-state index contributed by atoms with van der Waals surface area (Å²) in [6, 6.07) is 4.90. The van der Waals surface area contributed by atoms with Crippen molar-refractivity contribution in [3.63, 3.8) is 0 Å². The first-order chi connectivity index (χ1) is 8.99. The van der Waals surface area contributed by atoms with Crippen molar-refractivity contribution < 1.29 is 17.7 Å². The zero-order valence-corrected chi connectivity index (χ0v) is 12.9. The van der Waals surface area contributed by atoms with Gasteiger partial charge in [-0.25, -0.2) is 0 Å². The van der Waals surface area contributed by atoms with Crippen LogP contribution in [0.2, 0.25) is 0 Å². The molecule has 19 heavy (non-hydrogen) atoms. The molecule has 0 saturated carbocycles. The summed E-state index contributed by atoms with van der Waals surface area (Å²) in [5.74, 6) is 0.802. The summed E-state index contributed by atoms with van der Waals surface area (Å²) in [4.78, 5) is 0. The molecule has 3 nitrogen and oxygen atoms in total. The van der Waals surface area contributed by atoms with Crippen LogP contribution < -0.4 is 10.1 Å². The lowest BCUT2D eigenvalue weighted by Gasteiger charge is -2.12. The number of rotatable bonds is 8. The molecule has 1 aromatic rings. The van der Waals surface area contributed by atoms with E-state index in [1.54, 1.807) is 18.4 Å². The van der Waals surface area contributed by atoms with Gasteiger partial charge in [0.2, 0.25) is 0 Å². The van der Waals surface area contributed by atoms with E-state index < -0.39 is 17.4 Å². The summed E-state index contributed by atoms with van der Waals surface area (Å²) in [5.41, 5.74) is 0.660. The minimum Gasteiger partial charge on any atom is -0.434 e. The molecule has 0 aromatic heterocycles. The van der Waals surface area contributed by atoms with Crippen LogP contribution in [0.15, 0.2) is 22.7 Å². The molecule has 0 amide bonds. The SMILES string of the molecule is CS(=O)CCCNCc1cc(Br)ccc1OC(F)F. The fraction of sp³-hybridized carbons (Fsp3) is 0.500. The number of halogens is 3. The van der Waals surface area contributed by atoms with Crippen molar-refractivity contribution in [2.45, 2.75) is 19.6 Å². The molecule has 0 saturated heterocycles. The molecule has 7 heteroatoms. The average Bonchev–Trinajstić information content (AvgIpc) is 2.31. The molecule has 0 aliphatic carbocycles.